The van der Waals surface area contributed by atoms with Crippen LogP contribution in [-0.2, 0) is 0 Å². The number of aromatic nitrogens is 2. The number of hydrogen-bond acceptors (Lipinski definition) is 2. The van der Waals surface area contributed by atoms with E-state index in [4.69, 9.17) is 0 Å². The zero-order chi connectivity index (χ0) is 5.11. The third kappa shape index (κ3) is 3.73. The first kappa shape index (κ1) is 11.0. The predicted molar refractivity (Wildman–Crippen MR) is 38.8 cm³/mol. The monoisotopic (exact) mass is 148 g/mol. The summed E-state index contributed by atoms with van der Waals surface area (Å²) in [6, 6.07) is 1.65. The van der Waals surface area contributed by atoms with Crippen molar-refractivity contribution in [1.82, 2.24) is 9.97 Å². The summed E-state index contributed by atoms with van der Waals surface area (Å²) in [5.74, 6) is 0. The molecule has 0 saturated carbocycles. The van der Waals surface area contributed by atoms with Crippen LogP contribution < -0.4 is 5.69 Å². The molecule has 0 amide bonds. The lowest BCUT2D eigenvalue weighted by Crippen LogP contribution is -2.05. The highest BCUT2D eigenvalue weighted by atomic mass is 35.5. The Morgan fingerprint density at radius 2 is 2.22 bits per heavy atom. The number of rotatable bonds is 0. The first-order valence-corrected chi connectivity index (χ1v) is 1.89. The summed E-state index contributed by atoms with van der Waals surface area (Å²) < 4.78 is 0. The van der Waals surface area contributed by atoms with E-state index in [1.165, 1.54) is 12.4 Å². The van der Waals surface area contributed by atoms with Gasteiger partial charge in [-0.05, 0) is 6.07 Å². The van der Waals surface area contributed by atoms with E-state index in [2.05, 4.69) is 9.97 Å². The minimum Gasteiger partial charge on any atom is -0.313 e. The molecule has 4 heteroatoms. The first-order valence-electron chi connectivity index (χ1n) is 1.89. The maximum atomic E-state index is 10.1. The molecule has 1 rings (SSSR count). The van der Waals surface area contributed by atoms with Crippen molar-refractivity contribution in [2.75, 3.05) is 0 Å². The molecule has 9 heavy (non-hydrogen) atoms. The van der Waals surface area contributed by atoms with Gasteiger partial charge in [0.15, 0.2) is 0 Å². The lowest BCUT2D eigenvalue weighted by Gasteiger charge is -1.72. The Labute approximate surface area is 59.6 Å². The van der Waals surface area contributed by atoms with Crippen LogP contribution in [0.2, 0.25) is 0 Å². The van der Waals surface area contributed by atoms with Crippen LogP contribution in [0.25, 0.3) is 0 Å². The van der Waals surface area contributed by atoms with Crippen LogP contribution in [0.5, 0.6) is 0 Å². The van der Waals surface area contributed by atoms with Gasteiger partial charge in [0.25, 0.3) is 0 Å². The third-order valence-corrected chi connectivity index (χ3v) is 0.581. The maximum Gasteiger partial charge on any atom is 0.344 e. The van der Waals surface area contributed by atoms with Crippen molar-refractivity contribution >= 4 is 12.4 Å². The first-order chi connectivity index (χ1) is 3.39. The van der Waals surface area contributed by atoms with Gasteiger partial charge in [0.05, 0.1) is 0 Å². The van der Waals surface area contributed by atoms with Gasteiger partial charge in [-0.25, -0.2) is 9.78 Å². The number of nitrogens with one attached hydrogen (secondary N) is 1. The van der Waals surface area contributed by atoms with Crippen molar-refractivity contribution in [2.24, 2.45) is 0 Å². The highest BCUT2D eigenvalue weighted by Crippen LogP contribution is 1.60. The molecule has 0 aromatic carbocycles. The molecule has 3 nitrogen and oxygen atoms in total. The lowest BCUT2D eigenvalue weighted by molar-refractivity contribution is 1.08. The second-order valence-electron chi connectivity index (χ2n) is 1.09. The number of halogens is 1. The molecule has 0 atom stereocenters. The van der Waals surface area contributed by atoms with Gasteiger partial charge in [0.2, 0.25) is 0 Å². The molecule has 0 fully saturated rings. The Balaban J connectivity index is 0. The average molecular weight is 149 g/mol. The van der Waals surface area contributed by atoms with Crippen LogP contribution >= 0.6 is 12.4 Å². The number of H-pyrrole nitrogens is 1. The van der Waals surface area contributed by atoms with Gasteiger partial charge in [-0.2, -0.15) is 0 Å². The van der Waals surface area contributed by atoms with Crippen LogP contribution in [0.15, 0.2) is 23.3 Å². The Morgan fingerprint density at radius 1 is 1.56 bits per heavy atom. The lowest BCUT2D eigenvalue weighted by atomic mass is 10.7. The minimum absolute atomic E-state index is 0. The molecule has 0 bridgehead atoms. The van der Waals surface area contributed by atoms with Gasteiger partial charge >= 0.3 is 5.69 Å². The minimum atomic E-state index is -0.303. The number of hydrogen-bond donors (Lipinski definition) is 1. The smallest absolute Gasteiger partial charge is 0.313 e. The molecule has 0 aliphatic heterocycles. The van der Waals surface area contributed by atoms with Gasteiger partial charge in [0, 0.05) is 12.4 Å². The van der Waals surface area contributed by atoms with Crippen LogP contribution in [0.1, 0.15) is 7.43 Å². The molecular weight excluding hydrogens is 140 g/mol. The molecule has 0 spiro atoms. The van der Waals surface area contributed by atoms with E-state index < -0.39 is 0 Å². The summed E-state index contributed by atoms with van der Waals surface area (Å²) in [6.07, 6.45) is 2.98. The Morgan fingerprint density at radius 3 is 2.44 bits per heavy atom. The van der Waals surface area contributed by atoms with Crippen molar-refractivity contribution in [3.8, 4) is 0 Å². The third-order valence-electron chi connectivity index (χ3n) is 0.581. The van der Waals surface area contributed by atoms with Crippen LogP contribution in [0, 0.1) is 0 Å². The molecule has 0 saturated heterocycles. The van der Waals surface area contributed by atoms with Crippen LogP contribution in [-0.4, -0.2) is 9.97 Å². The average Bonchev–Trinajstić information content (AvgIpc) is 1.69. The fourth-order valence-corrected chi connectivity index (χ4v) is 0.310. The van der Waals surface area contributed by atoms with Crippen LogP contribution in [0.3, 0.4) is 0 Å². The second-order valence-corrected chi connectivity index (χ2v) is 1.09. The number of aromatic amines is 1. The summed E-state index contributed by atoms with van der Waals surface area (Å²) in [6.45, 7) is 0. The van der Waals surface area contributed by atoms with Crippen molar-refractivity contribution < 1.29 is 0 Å². The molecule has 0 unspecified atom stereocenters. The van der Waals surface area contributed by atoms with Gasteiger partial charge in [-0.1, -0.05) is 7.43 Å². The fraction of sp³-hybridized carbons (Fsp3) is 0.200. The van der Waals surface area contributed by atoms with E-state index >= 15 is 0 Å². The molecule has 0 aliphatic carbocycles. The summed E-state index contributed by atoms with van der Waals surface area (Å²) in [7, 11) is 0. The van der Waals surface area contributed by atoms with Crippen LogP contribution in [0.4, 0.5) is 0 Å². The fourth-order valence-electron chi connectivity index (χ4n) is 0.310. The van der Waals surface area contributed by atoms with Crippen molar-refractivity contribution in [3.05, 3.63) is 28.9 Å². The van der Waals surface area contributed by atoms with E-state index in [9.17, 15) is 4.79 Å². The standard InChI is InChI=1S/C4H4N2O.CH4.ClH/c7-4-5-2-1-3-6-4;;/h1-3H,(H,5,6,7);1H4;1H. The SMILES string of the molecule is C.Cl.O=c1nccc[nH]1. The molecule has 1 aromatic heterocycles. The zero-order valence-electron chi connectivity index (χ0n) is 4.00. The van der Waals surface area contributed by atoms with Gasteiger partial charge in [-0.15, -0.1) is 12.4 Å². The Bertz CT molecular complexity index is 181. The summed E-state index contributed by atoms with van der Waals surface area (Å²) in [5, 5.41) is 0. The molecule has 52 valence electrons. The highest BCUT2D eigenvalue weighted by Gasteiger charge is 1.70. The van der Waals surface area contributed by atoms with Gasteiger partial charge in [-0.3, -0.25) is 0 Å². The Hall–Kier alpha value is -0.830. The normalized spacial score (nSPS) is 6.67. The molecular formula is C5H9ClN2O. The van der Waals surface area contributed by atoms with E-state index in [-0.39, 0.29) is 25.5 Å². The molecule has 1 N–H and O–H groups in total. The largest absolute Gasteiger partial charge is 0.344 e. The van der Waals surface area contributed by atoms with Gasteiger partial charge < -0.3 is 4.98 Å². The summed E-state index contributed by atoms with van der Waals surface area (Å²) in [5.41, 5.74) is -0.303. The molecule has 1 heterocycles. The topological polar surface area (TPSA) is 45.8 Å². The second kappa shape index (κ2) is 5.31. The van der Waals surface area contributed by atoms with E-state index in [0.29, 0.717) is 0 Å². The molecule has 0 radical (unpaired) electrons. The van der Waals surface area contributed by atoms with Crippen molar-refractivity contribution in [2.45, 2.75) is 7.43 Å². The maximum absolute atomic E-state index is 10.1. The van der Waals surface area contributed by atoms with E-state index in [0.717, 1.165) is 0 Å². The quantitative estimate of drug-likeness (QED) is 0.593. The summed E-state index contributed by atoms with van der Waals surface area (Å²) >= 11 is 0. The van der Waals surface area contributed by atoms with E-state index in [1.807, 2.05) is 0 Å². The van der Waals surface area contributed by atoms with Crippen molar-refractivity contribution in [3.63, 3.8) is 0 Å². The molecule has 0 aliphatic rings. The zero-order valence-corrected chi connectivity index (χ0v) is 4.81. The highest BCUT2D eigenvalue weighted by molar-refractivity contribution is 5.85. The molecule has 1 aromatic rings. The van der Waals surface area contributed by atoms with E-state index in [1.54, 1.807) is 6.07 Å². The summed E-state index contributed by atoms with van der Waals surface area (Å²) in [4.78, 5) is 15.8. The predicted octanol–water partition coefficient (Wildman–Crippen LogP) is 0.828. The Kier molecular flexibility index (Phi) is 6.51. The van der Waals surface area contributed by atoms with Gasteiger partial charge in [0.1, 0.15) is 0 Å². The number of nitrogens with zero attached hydrogens (tertiary/aromatic N) is 1. The van der Waals surface area contributed by atoms with Crippen molar-refractivity contribution in [1.29, 1.82) is 0 Å².